The van der Waals surface area contributed by atoms with E-state index in [4.69, 9.17) is 0 Å². The molecule has 6 heteroatoms. The fourth-order valence-corrected chi connectivity index (χ4v) is 2.07. The summed E-state index contributed by atoms with van der Waals surface area (Å²) < 4.78 is 13.6. The van der Waals surface area contributed by atoms with E-state index >= 15 is 0 Å². The van der Waals surface area contributed by atoms with E-state index in [0.717, 1.165) is 5.56 Å². The summed E-state index contributed by atoms with van der Waals surface area (Å²) in [5.74, 6) is -0.263. The molecule has 1 atom stereocenters. The Hall–Kier alpha value is -2.11. The molecule has 0 saturated heterocycles. The first-order valence-corrected chi connectivity index (χ1v) is 7.23. The Morgan fingerprint density at radius 1 is 1.23 bits per heavy atom. The molecule has 0 saturated carbocycles. The van der Waals surface area contributed by atoms with Crippen molar-refractivity contribution in [3.8, 4) is 0 Å². The van der Waals surface area contributed by atoms with Crippen molar-refractivity contribution >= 4 is 11.9 Å². The van der Waals surface area contributed by atoms with Gasteiger partial charge in [-0.3, -0.25) is 4.79 Å². The van der Waals surface area contributed by atoms with Gasteiger partial charge in [-0.25, -0.2) is 9.18 Å². The molecule has 0 aliphatic rings. The van der Waals surface area contributed by atoms with Crippen molar-refractivity contribution in [2.75, 3.05) is 20.6 Å². The molecule has 0 aliphatic heterocycles. The highest BCUT2D eigenvalue weighted by atomic mass is 19.1. The van der Waals surface area contributed by atoms with Gasteiger partial charge in [0.15, 0.2) is 0 Å². The minimum atomic E-state index is -0.348. The zero-order valence-electron chi connectivity index (χ0n) is 13.8. The van der Waals surface area contributed by atoms with Gasteiger partial charge in [-0.2, -0.15) is 0 Å². The molecule has 0 bridgehead atoms. The maximum atomic E-state index is 13.6. The summed E-state index contributed by atoms with van der Waals surface area (Å²) in [5, 5.41) is 5.41. The molecule has 2 N–H and O–H groups in total. The number of nitrogens with one attached hydrogen (secondary N) is 2. The molecule has 122 valence electrons. The molecule has 0 unspecified atom stereocenters. The smallest absolute Gasteiger partial charge is 0.315 e. The Bertz CT molecular complexity index is 535. The SMILES string of the molecule is Cc1cc([C@@H](C)NC(=O)NCCC(=O)N(C)C)cc(C)c1F. The lowest BCUT2D eigenvalue weighted by atomic mass is 10.0. The van der Waals surface area contributed by atoms with Crippen LogP contribution in [0.3, 0.4) is 0 Å². The number of rotatable bonds is 5. The number of carbonyl (C=O) groups is 2. The second-order valence-corrected chi connectivity index (χ2v) is 5.63. The van der Waals surface area contributed by atoms with Gasteiger partial charge in [-0.05, 0) is 37.5 Å². The fraction of sp³-hybridized carbons (Fsp3) is 0.500. The number of carbonyl (C=O) groups excluding carboxylic acids is 2. The van der Waals surface area contributed by atoms with Crippen LogP contribution in [0.4, 0.5) is 9.18 Å². The van der Waals surface area contributed by atoms with Gasteiger partial charge in [0.25, 0.3) is 0 Å². The van der Waals surface area contributed by atoms with E-state index in [1.165, 1.54) is 4.90 Å². The summed E-state index contributed by atoms with van der Waals surface area (Å²) in [4.78, 5) is 24.7. The molecule has 0 spiro atoms. The molecule has 0 fully saturated rings. The summed E-state index contributed by atoms with van der Waals surface area (Å²) in [6.07, 6.45) is 0.254. The monoisotopic (exact) mass is 309 g/mol. The number of amides is 3. The van der Waals surface area contributed by atoms with Crippen LogP contribution in [0, 0.1) is 19.7 Å². The number of hydrogen-bond acceptors (Lipinski definition) is 2. The molecule has 22 heavy (non-hydrogen) atoms. The Morgan fingerprint density at radius 2 is 1.77 bits per heavy atom. The van der Waals surface area contributed by atoms with Crippen molar-refractivity contribution in [3.63, 3.8) is 0 Å². The second kappa shape index (κ2) is 7.77. The van der Waals surface area contributed by atoms with E-state index in [1.807, 2.05) is 6.92 Å². The van der Waals surface area contributed by atoms with Crippen LogP contribution in [-0.2, 0) is 4.79 Å². The third-order valence-corrected chi connectivity index (χ3v) is 3.43. The van der Waals surface area contributed by atoms with Crippen molar-refractivity contribution in [1.29, 1.82) is 0 Å². The van der Waals surface area contributed by atoms with Crippen LogP contribution in [0.5, 0.6) is 0 Å². The number of aryl methyl sites for hydroxylation is 2. The number of benzene rings is 1. The summed E-state index contributed by atoms with van der Waals surface area (Å²) in [7, 11) is 3.34. The van der Waals surface area contributed by atoms with Crippen LogP contribution >= 0.6 is 0 Å². The Kier molecular flexibility index (Phi) is 6.34. The van der Waals surface area contributed by atoms with Crippen molar-refractivity contribution in [1.82, 2.24) is 15.5 Å². The normalized spacial score (nSPS) is 11.7. The van der Waals surface area contributed by atoms with Gasteiger partial charge in [-0.15, -0.1) is 0 Å². The van der Waals surface area contributed by atoms with Gasteiger partial charge in [0.2, 0.25) is 5.91 Å². The summed E-state index contributed by atoms with van der Waals surface area (Å²) >= 11 is 0. The molecule has 1 aromatic carbocycles. The van der Waals surface area contributed by atoms with E-state index in [-0.39, 0.29) is 36.8 Å². The number of urea groups is 1. The summed E-state index contributed by atoms with van der Waals surface area (Å²) in [5.41, 5.74) is 1.96. The van der Waals surface area contributed by atoms with Gasteiger partial charge in [0.1, 0.15) is 5.82 Å². The predicted octanol–water partition coefficient (Wildman–Crippen LogP) is 2.28. The standard InChI is InChI=1S/C16H24FN3O2/c1-10-8-13(9-11(2)15(10)17)12(3)19-16(22)18-7-6-14(21)20(4)5/h8-9,12H,6-7H2,1-5H3,(H2,18,19,22)/t12-/m1/s1. The Balaban J connectivity index is 2.52. The third-order valence-electron chi connectivity index (χ3n) is 3.43. The van der Waals surface area contributed by atoms with Crippen molar-refractivity contribution in [2.45, 2.75) is 33.2 Å². The average molecular weight is 309 g/mol. The molecule has 5 nitrogen and oxygen atoms in total. The highest BCUT2D eigenvalue weighted by Gasteiger charge is 2.13. The first-order valence-electron chi connectivity index (χ1n) is 7.23. The molecule has 0 heterocycles. The molecule has 1 rings (SSSR count). The lowest BCUT2D eigenvalue weighted by molar-refractivity contribution is -0.128. The first kappa shape index (κ1) is 17.9. The zero-order valence-corrected chi connectivity index (χ0v) is 13.8. The molecular weight excluding hydrogens is 285 g/mol. The van der Waals surface area contributed by atoms with Crippen LogP contribution in [-0.4, -0.2) is 37.5 Å². The minimum absolute atomic E-state index is 0.0434. The lowest BCUT2D eigenvalue weighted by Crippen LogP contribution is -2.39. The van der Waals surface area contributed by atoms with Gasteiger partial charge in [0, 0.05) is 27.1 Å². The quantitative estimate of drug-likeness (QED) is 0.876. The molecule has 3 amide bonds. The molecular formula is C16H24FN3O2. The van der Waals surface area contributed by atoms with Crippen LogP contribution in [0.1, 0.15) is 36.1 Å². The highest BCUT2D eigenvalue weighted by Crippen LogP contribution is 2.19. The van der Waals surface area contributed by atoms with Crippen LogP contribution < -0.4 is 10.6 Å². The molecule has 0 aromatic heterocycles. The molecule has 1 aromatic rings. The first-order chi connectivity index (χ1) is 10.2. The van der Waals surface area contributed by atoms with Gasteiger partial charge >= 0.3 is 6.03 Å². The minimum Gasteiger partial charge on any atom is -0.349 e. The van der Waals surface area contributed by atoms with E-state index in [2.05, 4.69) is 10.6 Å². The third kappa shape index (κ3) is 5.02. The van der Waals surface area contributed by atoms with Crippen LogP contribution in [0.15, 0.2) is 12.1 Å². The van der Waals surface area contributed by atoms with Crippen molar-refractivity contribution in [2.24, 2.45) is 0 Å². The van der Waals surface area contributed by atoms with E-state index in [9.17, 15) is 14.0 Å². The number of hydrogen-bond donors (Lipinski definition) is 2. The summed E-state index contributed by atoms with van der Waals surface area (Å²) in [6.45, 7) is 5.50. The van der Waals surface area contributed by atoms with E-state index < -0.39 is 0 Å². The predicted molar refractivity (Wildman–Crippen MR) is 84.1 cm³/mol. The second-order valence-electron chi connectivity index (χ2n) is 5.63. The maximum Gasteiger partial charge on any atom is 0.315 e. The Labute approximate surface area is 130 Å². The maximum absolute atomic E-state index is 13.6. The van der Waals surface area contributed by atoms with E-state index in [0.29, 0.717) is 11.1 Å². The average Bonchev–Trinajstić information content (AvgIpc) is 2.43. The number of nitrogens with zero attached hydrogens (tertiary/aromatic N) is 1. The van der Waals surface area contributed by atoms with E-state index in [1.54, 1.807) is 40.1 Å². The lowest BCUT2D eigenvalue weighted by Gasteiger charge is -2.17. The topological polar surface area (TPSA) is 61.4 Å². The number of halogens is 1. The van der Waals surface area contributed by atoms with Crippen LogP contribution in [0.25, 0.3) is 0 Å². The largest absolute Gasteiger partial charge is 0.349 e. The Morgan fingerprint density at radius 3 is 2.27 bits per heavy atom. The van der Waals surface area contributed by atoms with Crippen molar-refractivity contribution in [3.05, 3.63) is 34.6 Å². The highest BCUT2D eigenvalue weighted by molar-refractivity contribution is 5.78. The zero-order chi connectivity index (χ0) is 16.9. The van der Waals surface area contributed by atoms with Gasteiger partial charge in [0.05, 0.1) is 6.04 Å². The van der Waals surface area contributed by atoms with Gasteiger partial charge < -0.3 is 15.5 Å². The molecule has 0 radical (unpaired) electrons. The van der Waals surface area contributed by atoms with Gasteiger partial charge in [-0.1, -0.05) is 12.1 Å². The fourth-order valence-electron chi connectivity index (χ4n) is 2.07. The molecule has 0 aliphatic carbocycles. The van der Waals surface area contributed by atoms with Crippen LogP contribution in [0.2, 0.25) is 0 Å². The summed E-state index contributed by atoms with van der Waals surface area (Å²) in [6, 6.07) is 2.85. The van der Waals surface area contributed by atoms with Crippen molar-refractivity contribution < 1.29 is 14.0 Å².